The van der Waals surface area contributed by atoms with Gasteiger partial charge in [0.05, 0.1) is 17.7 Å². The van der Waals surface area contributed by atoms with E-state index in [9.17, 15) is 22.8 Å². The van der Waals surface area contributed by atoms with E-state index in [2.05, 4.69) is 5.32 Å². The predicted molar refractivity (Wildman–Crippen MR) is 92.0 cm³/mol. The van der Waals surface area contributed by atoms with Gasteiger partial charge in [0.2, 0.25) is 5.91 Å². The lowest BCUT2D eigenvalue weighted by molar-refractivity contribution is -0.137. The summed E-state index contributed by atoms with van der Waals surface area (Å²) in [5, 5.41) is 2.68. The fraction of sp³-hybridized carbons (Fsp3) is 0.263. The Labute approximate surface area is 153 Å². The highest BCUT2D eigenvalue weighted by Crippen LogP contribution is 2.30. The van der Waals surface area contributed by atoms with E-state index < -0.39 is 23.8 Å². The van der Waals surface area contributed by atoms with E-state index in [0.29, 0.717) is 17.0 Å². The van der Waals surface area contributed by atoms with Crippen LogP contribution in [0.3, 0.4) is 0 Å². The Morgan fingerprint density at radius 1 is 1.15 bits per heavy atom. The Hall–Kier alpha value is -3.03. The summed E-state index contributed by atoms with van der Waals surface area (Å²) in [4.78, 5) is 25.8. The number of carbonyl (C=O) groups is 2. The molecule has 0 saturated heterocycles. The molecule has 1 N–H and O–H groups in total. The predicted octanol–water partition coefficient (Wildman–Crippen LogP) is 3.45. The summed E-state index contributed by atoms with van der Waals surface area (Å²) in [5.74, 6) is -0.278. The monoisotopic (exact) mass is 378 g/mol. The minimum Gasteiger partial charge on any atom is -0.478 e. The highest BCUT2D eigenvalue weighted by Gasteiger charge is 2.31. The van der Waals surface area contributed by atoms with Crippen LogP contribution in [0.1, 0.15) is 17.5 Å². The van der Waals surface area contributed by atoms with Crippen LogP contribution >= 0.6 is 0 Å². The molecule has 2 aromatic rings. The number of para-hydroxylation sites is 2. The number of rotatable bonds is 4. The second kappa shape index (κ2) is 7.30. The smallest absolute Gasteiger partial charge is 0.416 e. The first kappa shape index (κ1) is 18.8. The van der Waals surface area contributed by atoms with E-state index in [4.69, 9.17) is 4.74 Å². The molecule has 0 spiro atoms. The van der Waals surface area contributed by atoms with Gasteiger partial charge in [-0.2, -0.15) is 13.2 Å². The summed E-state index contributed by atoms with van der Waals surface area (Å²) < 4.78 is 43.4. The summed E-state index contributed by atoms with van der Waals surface area (Å²) >= 11 is 0. The van der Waals surface area contributed by atoms with Gasteiger partial charge in [0.25, 0.3) is 5.91 Å². The molecule has 2 aromatic carbocycles. The highest BCUT2D eigenvalue weighted by molar-refractivity contribution is 5.99. The molecule has 1 heterocycles. The lowest BCUT2D eigenvalue weighted by atomic mass is 10.1. The fourth-order valence-corrected chi connectivity index (χ4v) is 2.70. The van der Waals surface area contributed by atoms with Crippen molar-refractivity contribution in [1.29, 1.82) is 0 Å². The molecule has 0 radical (unpaired) electrons. The summed E-state index contributed by atoms with van der Waals surface area (Å²) in [7, 11) is 1.52. The first-order valence-corrected chi connectivity index (χ1v) is 8.20. The molecule has 5 nitrogen and oxygen atoms in total. The van der Waals surface area contributed by atoms with Crippen LogP contribution in [0.4, 0.5) is 18.9 Å². The van der Waals surface area contributed by atoms with Crippen molar-refractivity contribution in [2.75, 3.05) is 12.4 Å². The standard InChI is InChI=1S/C19H17F3N2O3/c1-24(11-12-6-8-13(9-7-12)19(20,21)22)17(25)10-16-18(26)23-14-4-2-3-5-15(14)27-16/h2-9,16H,10-11H2,1H3,(H,23,26)/t16-/m1/s1. The number of ether oxygens (including phenoxy) is 1. The molecular weight excluding hydrogens is 361 g/mol. The number of hydrogen-bond donors (Lipinski definition) is 1. The van der Waals surface area contributed by atoms with E-state index >= 15 is 0 Å². The van der Waals surface area contributed by atoms with Crippen LogP contribution in [0.15, 0.2) is 48.5 Å². The van der Waals surface area contributed by atoms with Crippen molar-refractivity contribution in [2.45, 2.75) is 25.2 Å². The van der Waals surface area contributed by atoms with Crippen molar-refractivity contribution < 1.29 is 27.5 Å². The number of anilines is 1. The van der Waals surface area contributed by atoms with Gasteiger partial charge in [0.15, 0.2) is 6.10 Å². The molecular formula is C19H17F3N2O3. The molecule has 0 fully saturated rings. The summed E-state index contributed by atoms with van der Waals surface area (Å²) in [6, 6.07) is 11.5. The van der Waals surface area contributed by atoms with Gasteiger partial charge < -0.3 is 15.0 Å². The molecule has 0 saturated carbocycles. The molecule has 1 atom stereocenters. The van der Waals surface area contributed by atoms with Crippen LogP contribution < -0.4 is 10.1 Å². The SMILES string of the molecule is CN(Cc1ccc(C(F)(F)F)cc1)C(=O)C[C@H]1Oc2ccccc2NC1=O. The quantitative estimate of drug-likeness (QED) is 0.887. The molecule has 0 aromatic heterocycles. The average Bonchev–Trinajstić information content (AvgIpc) is 2.62. The Kier molecular flexibility index (Phi) is 5.07. The summed E-state index contributed by atoms with van der Waals surface area (Å²) in [5.41, 5.74) is 0.355. The number of nitrogens with one attached hydrogen (secondary N) is 1. The van der Waals surface area contributed by atoms with Crippen LogP contribution in [-0.2, 0) is 22.3 Å². The van der Waals surface area contributed by atoms with Crippen LogP contribution in [0.25, 0.3) is 0 Å². The fourth-order valence-electron chi connectivity index (χ4n) is 2.70. The van der Waals surface area contributed by atoms with Gasteiger partial charge in [-0.25, -0.2) is 0 Å². The van der Waals surface area contributed by atoms with Crippen molar-refractivity contribution in [3.05, 3.63) is 59.7 Å². The van der Waals surface area contributed by atoms with Crippen LogP contribution in [-0.4, -0.2) is 29.9 Å². The van der Waals surface area contributed by atoms with E-state index in [1.807, 2.05) is 0 Å². The lowest BCUT2D eigenvalue weighted by Gasteiger charge is -2.27. The average molecular weight is 378 g/mol. The summed E-state index contributed by atoms with van der Waals surface area (Å²) in [6.45, 7) is 0.127. The number of nitrogens with zero attached hydrogens (tertiary/aromatic N) is 1. The maximum atomic E-state index is 12.6. The van der Waals surface area contributed by atoms with E-state index in [-0.39, 0.29) is 18.9 Å². The van der Waals surface area contributed by atoms with Gasteiger partial charge in [-0.05, 0) is 29.8 Å². The van der Waals surface area contributed by atoms with Crippen molar-refractivity contribution in [1.82, 2.24) is 4.90 Å². The highest BCUT2D eigenvalue weighted by atomic mass is 19.4. The molecule has 3 rings (SSSR count). The molecule has 27 heavy (non-hydrogen) atoms. The molecule has 8 heteroatoms. The number of alkyl halides is 3. The number of benzene rings is 2. The molecule has 142 valence electrons. The van der Waals surface area contributed by atoms with Crippen molar-refractivity contribution >= 4 is 17.5 Å². The number of carbonyl (C=O) groups excluding carboxylic acids is 2. The van der Waals surface area contributed by atoms with E-state index in [1.165, 1.54) is 24.1 Å². The van der Waals surface area contributed by atoms with Crippen LogP contribution in [0.5, 0.6) is 5.75 Å². The maximum absolute atomic E-state index is 12.6. The molecule has 0 aliphatic carbocycles. The number of hydrogen-bond acceptors (Lipinski definition) is 3. The number of amides is 2. The largest absolute Gasteiger partial charge is 0.478 e. The zero-order valence-corrected chi connectivity index (χ0v) is 14.4. The first-order valence-electron chi connectivity index (χ1n) is 8.20. The summed E-state index contributed by atoms with van der Waals surface area (Å²) in [6.07, 6.45) is -5.53. The third-order valence-corrected chi connectivity index (χ3v) is 4.19. The number of fused-ring (bicyclic) bond motifs is 1. The maximum Gasteiger partial charge on any atom is 0.416 e. The van der Waals surface area contributed by atoms with Crippen LogP contribution in [0.2, 0.25) is 0 Å². The lowest BCUT2D eigenvalue weighted by Crippen LogP contribution is -2.41. The van der Waals surface area contributed by atoms with E-state index in [1.54, 1.807) is 24.3 Å². The molecule has 0 bridgehead atoms. The van der Waals surface area contributed by atoms with E-state index in [0.717, 1.165) is 12.1 Å². The van der Waals surface area contributed by atoms with Gasteiger partial charge in [0.1, 0.15) is 5.75 Å². The molecule has 2 amide bonds. The first-order chi connectivity index (χ1) is 12.7. The molecule has 1 aliphatic rings. The van der Waals surface area contributed by atoms with Gasteiger partial charge in [-0.15, -0.1) is 0 Å². The zero-order chi connectivity index (χ0) is 19.6. The van der Waals surface area contributed by atoms with Gasteiger partial charge in [-0.3, -0.25) is 9.59 Å². The second-order valence-corrected chi connectivity index (χ2v) is 6.24. The second-order valence-electron chi connectivity index (χ2n) is 6.24. The molecule has 0 unspecified atom stereocenters. The minimum absolute atomic E-state index is 0.127. The molecule has 1 aliphatic heterocycles. The van der Waals surface area contributed by atoms with Gasteiger partial charge >= 0.3 is 6.18 Å². The van der Waals surface area contributed by atoms with Gasteiger partial charge in [-0.1, -0.05) is 24.3 Å². The Morgan fingerprint density at radius 3 is 2.48 bits per heavy atom. The normalized spacial score (nSPS) is 16.1. The van der Waals surface area contributed by atoms with Crippen molar-refractivity contribution in [3.8, 4) is 5.75 Å². The Balaban J connectivity index is 1.60. The minimum atomic E-state index is -4.40. The topological polar surface area (TPSA) is 58.6 Å². The van der Waals surface area contributed by atoms with Crippen molar-refractivity contribution in [2.24, 2.45) is 0 Å². The van der Waals surface area contributed by atoms with Crippen molar-refractivity contribution in [3.63, 3.8) is 0 Å². The zero-order valence-electron chi connectivity index (χ0n) is 14.4. The van der Waals surface area contributed by atoms with Crippen LogP contribution in [0, 0.1) is 0 Å². The Bertz CT molecular complexity index is 850. The number of halogens is 3. The Morgan fingerprint density at radius 2 is 1.81 bits per heavy atom. The third-order valence-electron chi connectivity index (χ3n) is 4.19. The third kappa shape index (κ3) is 4.39. The van der Waals surface area contributed by atoms with Gasteiger partial charge in [0, 0.05) is 13.6 Å².